The molecule has 5 rings (SSSR count). The van der Waals surface area contributed by atoms with Gasteiger partial charge in [0.15, 0.2) is 11.5 Å². The fraction of sp³-hybridized carbons (Fsp3) is 0.0690. The smallest absolute Gasteiger partial charge is 0.168 e. The second-order valence-electron chi connectivity index (χ2n) is 7.90. The molecule has 3 aromatic carbocycles. The minimum atomic E-state index is -0.326. The van der Waals surface area contributed by atoms with Crippen LogP contribution in [0.15, 0.2) is 85.1 Å². The molecule has 7 heteroatoms. The summed E-state index contributed by atoms with van der Waals surface area (Å²) in [5.41, 5.74) is 3.37. The summed E-state index contributed by atoms with van der Waals surface area (Å²) in [5, 5.41) is 9.13. The molecule has 36 heavy (non-hydrogen) atoms. The molecular formula is C29H21FN4O2. The molecule has 0 amide bonds. The van der Waals surface area contributed by atoms with Crippen molar-refractivity contribution in [2.75, 3.05) is 7.11 Å². The highest BCUT2D eigenvalue weighted by Gasteiger charge is 2.14. The summed E-state index contributed by atoms with van der Waals surface area (Å²) >= 11 is 0. The average Bonchev–Trinajstić information content (AvgIpc) is 3.30. The van der Waals surface area contributed by atoms with Gasteiger partial charge in [0.05, 0.1) is 23.7 Å². The van der Waals surface area contributed by atoms with Crippen LogP contribution in [0.5, 0.6) is 11.5 Å². The highest BCUT2D eigenvalue weighted by Crippen LogP contribution is 2.33. The molecular weight excluding hydrogens is 455 g/mol. The molecule has 0 bridgehead atoms. The predicted octanol–water partition coefficient (Wildman–Crippen LogP) is 6.19. The third-order valence-corrected chi connectivity index (χ3v) is 5.66. The van der Waals surface area contributed by atoms with E-state index in [4.69, 9.17) is 19.7 Å². The van der Waals surface area contributed by atoms with Crippen molar-refractivity contribution in [3.05, 3.63) is 113 Å². The van der Waals surface area contributed by atoms with Gasteiger partial charge in [0, 0.05) is 17.3 Å². The van der Waals surface area contributed by atoms with E-state index in [0.717, 1.165) is 16.6 Å². The topological polar surface area (TPSA) is 73.0 Å². The molecule has 6 nitrogen and oxygen atoms in total. The van der Waals surface area contributed by atoms with Gasteiger partial charge in [-0.3, -0.25) is 4.57 Å². The summed E-state index contributed by atoms with van der Waals surface area (Å²) in [4.78, 5) is 9.23. The van der Waals surface area contributed by atoms with E-state index in [1.54, 1.807) is 43.5 Å². The second kappa shape index (κ2) is 10.1. The number of hydrogen-bond donors (Lipinski definition) is 0. The maximum Gasteiger partial charge on any atom is 0.168 e. The minimum Gasteiger partial charge on any atom is -0.493 e. The van der Waals surface area contributed by atoms with Gasteiger partial charge in [-0.1, -0.05) is 42.5 Å². The fourth-order valence-corrected chi connectivity index (χ4v) is 3.89. The van der Waals surface area contributed by atoms with E-state index in [2.05, 4.69) is 11.1 Å². The first kappa shape index (κ1) is 22.8. The zero-order valence-electron chi connectivity index (χ0n) is 19.4. The molecule has 0 aliphatic heterocycles. The standard InChI is InChI=1S/C29H21FN4O2/c1-35-26-12-6-8-21(29(26)36-19-22-7-2-3-9-23(22)30)14-16-28-33-24-10-4-5-11-25(24)34(28)27-15-13-20(17-31)18-32-27/h2-16,18H,19H2,1H3/b16-14+. The monoisotopic (exact) mass is 476 g/mol. The second-order valence-corrected chi connectivity index (χ2v) is 7.90. The maximum absolute atomic E-state index is 14.1. The van der Waals surface area contributed by atoms with Crippen LogP contribution in [0.25, 0.3) is 29.0 Å². The van der Waals surface area contributed by atoms with Crippen LogP contribution in [-0.2, 0) is 6.61 Å². The lowest BCUT2D eigenvalue weighted by molar-refractivity contribution is 0.279. The van der Waals surface area contributed by atoms with Crippen molar-refractivity contribution in [1.29, 1.82) is 5.26 Å². The number of nitrogens with zero attached hydrogens (tertiary/aromatic N) is 4. The molecule has 2 aromatic heterocycles. The van der Waals surface area contributed by atoms with Crippen LogP contribution in [0, 0.1) is 17.1 Å². The van der Waals surface area contributed by atoms with Gasteiger partial charge in [-0.25, -0.2) is 14.4 Å². The SMILES string of the molecule is COc1cccc(/C=C/c2nc3ccccc3n2-c2ccc(C#N)cn2)c1OCc1ccccc1F. The van der Waals surface area contributed by atoms with Crippen LogP contribution in [0.1, 0.15) is 22.5 Å². The van der Waals surface area contributed by atoms with E-state index in [1.807, 2.05) is 53.1 Å². The van der Waals surface area contributed by atoms with Crippen LogP contribution in [-0.4, -0.2) is 21.6 Å². The Balaban J connectivity index is 1.54. The number of methoxy groups -OCH3 is 1. The van der Waals surface area contributed by atoms with Gasteiger partial charge >= 0.3 is 0 Å². The van der Waals surface area contributed by atoms with Crippen LogP contribution in [0.4, 0.5) is 4.39 Å². The lowest BCUT2D eigenvalue weighted by atomic mass is 10.1. The number of ether oxygens (including phenoxy) is 2. The number of rotatable bonds is 7. The van der Waals surface area contributed by atoms with Crippen LogP contribution in [0.3, 0.4) is 0 Å². The Morgan fingerprint density at radius 3 is 2.58 bits per heavy atom. The Labute approximate surface area is 207 Å². The van der Waals surface area contributed by atoms with E-state index >= 15 is 0 Å². The molecule has 0 N–H and O–H groups in total. The van der Waals surface area contributed by atoms with E-state index < -0.39 is 0 Å². The number of nitriles is 1. The number of aromatic nitrogens is 3. The number of imidazole rings is 1. The van der Waals surface area contributed by atoms with E-state index in [1.165, 1.54) is 12.3 Å². The highest BCUT2D eigenvalue weighted by atomic mass is 19.1. The van der Waals surface area contributed by atoms with Crippen molar-refractivity contribution < 1.29 is 13.9 Å². The Hall–Kier alpha value is -4.96. The van der Waals surface area contributed by atoms with Crippen molar-refractivity contribution in [1.82, 2.24) is 14.5 Å². The largest absolute Gasteiger partial charge is 0.493 e. The maximum atomic E-state index is 14.1. The number of para-hydroxylation sites is 3. The zero-order valence-corrected chi connectivity index (χ0v) is 19.4. The molecule has 0 aliphatic rings. The lowest BCUT2D eigenvalue weighted by Gasteiger charge is -2.14. The number of pyridine rings is 1. The normalized spacial score (nSPS) is 11.0. The van der Waals surface area contributed by atoms with Crippen LogP contribution < -0.4 is 9.47 Å². The average molecular weight is 477 g/mol. The zero-order chi connectivity index (χ0) is 24.9. The molecule has 176 valence electrons. The molecule has 0 atom stereocenters. The van der Waals surface area contributed by atoms with Gasteiger partial charge in [-0.2, -0.15) is 5.26 Å². The number of halogens is 1. The Morgan fingerprint density at radius 1 is 0.972 bits per heavy atom. The number of hydrogen-bond acceptors (Lipinski definition) is 5. The van der Waals surface area contributed by atoms with Gasteiger partial charge in [-0.15, -0.1) is 0 Å². The van der Waals surface area contributed by atoms with Crippen molar-refractivity contribution in [3.8, 4) is 23.4 Å². The van der Waals surface area contributed by atoms with Crippen molar-refractivity contribution in [3.63, 3.8) is 0 Å². The van der Waals surface area contributed by atoms with Crippen LogP contribution >= 0.6 is 0 Å². The molecule has 0 unspecified atom stereocenters. The molecule has 0 saturated carbocycles. The molecule has 0 fully saturated rings. The number of benzene rings is 3. The Kier molecular flexibility index (Phi) is 6.41. The predicted molar refractivity (Wildman–Crippen MR) is 136 cm³/mol. The quantitative estimate of drug-likeness (QED) is 0.280. The highest BCUT2D eigenvalue weighted by molar-refractivity contribution is 5.82. The third kappa shape index (κ3) is 4.52. The van der Waals surface area contributed by atoms with Crippen molar-refractivity contribution in [2.45, 2.75) is 6.61 Å². The van der Waals surface area contributed by atoms with E-state index in [9.17, 15) is 4.39 Å². The third-order valence-electron chi connectivity index (χ3n) is 5.66. The van der Waals surface area contributed by atoms with Crippen molar-refractivity contribution in [2.24, 2.45) is 0 Å². The molecule has 2 heterocycles. The first-order valence-electron chi connectivity index (χ1n) is 11.2. The number of fused-ring (bicyclic) bond motifs is 1. The summed E-state index contributed by atoms with van der Waals surface area (Å²) in [5.74, 6) is 2.00. The summed E-state index contributed by atoms with van der Waals surface area (Å²) < 4.78 is 27.6. The first-order valence-corrected chi connectivity index (χ1v) is 11.2. The summed E-state index contributed by atoms with van der Waals surface area (Å²) in [7, 11) is 1.56. The van der Waals surface area contributed by atoms with Crippen LogP contribution in [0.2, 0.25) is 0 Å². The molecule has 5 aromatic rings. The minimum absolute atomic E-state index is 0.0571. The first-order chi connectivity index (χ1) is 17.7. The summed E-state index contributed by atoms with van der Waals surface area (Å²) in [6.45, 7) is 0.0571. The summed E-state index contributed by atoms with van der Waals surface area (Å²) in [6, 6.07) is 25.4. The van der Waals surface area contributed by atoms with Gasteiger partial charge in [0.1, 0.15) is 30.1 Å². The molecule has 0 saturated heterocycles. The lowest BCUT2D eigenvalue weighted by Crippen LogP contribution is -2.02. The molecule has 0 radical (unpaired) electrons. The van der Waals surface area contributed by atoms with Crippen molar-refractivity contribution >= 4 is 23.2 Å². The van der Waals surface area contributed by atoms with Gasteiger partial charge in [0.25, 0.3) is 0 Å². The van der Waals surface area contributed by atoms with Gasteiger partial charge in [0.2, 0.25) is 0 Å². The Bertz CT molecular complexity index is 1600. The fourth-order valence-electron chi connectivity index (χ4n) is 3.89. The van der Waals surface area contributed by atoms with E-state index in [-0.39, 0.29) is 12.4 Å². The van der Waals surface area contributed by atoms with Gasteiger partial charge in [-0.05, 0) is 48.6 Å². The van der Waals surface area contributed by atoms with Gasteiger partial charge < -0.3 is 9.47 Å². The summed E-state index contributed by atoms with van der Waals surface area (Å²) in [6.07, 6.45) is 5.28. The molecule has 0 spiro atoms. The van der Waals surface area contributed by atoms with E-state index in [0.29, 0.717) is 34.3 Å². The molecule has 0 aliphatic carbocycles. The Morgan fingerprint density at radius 2 is 1.81 bits per heavy atom.